The molecule has 0 radical (unpaired) electrons. The summed E-state index contributed by atoms with van der Waals surface area (Å²) in [6.45, 7) is 14.5. The van der Waals surface area contributed by atoms with Crippen LogP contribution in [0.15, 0.2) is 30.3 Å². The molecule has 3 saturated carbocycles. The van der Waals surface area contributed by atoms with Gasteiger partial charge in [0.05, 0.1) is 30.3 Å². The van der Waals surface area contributed by atoms with Gasteiger partial charge in [-0.05, 0) is 88.5 Å². The number of hydrogen-bond acceptors (Lipinski definition) is 6. The fourth-order valence-electron chi connectivity index (χ4n) is 8.99. The Balaban J connectivity index is 0.000000343. The molecule has 1 aromatic rings. The van der Waals surface area contributed by atoms with E-state index in [2.05, 4.69) is 38.2 Å². The van der Waals surface area contributed by atoms with Gasteiger partial charge >= 0.3 is 13.1 Å². The second kappa shape index (κ2) is 15.1. The van der Waals surface area contributed by atoms with Gasteiger partial charge in [0.2, 0.25) is 5.91 Å². The molecule has 6 aliphatic rings. The van der Waals surface area contributed by atoms with Gasteiger partial charge in [0.15, 0.2) is 0 Å². The van der Waals surface area contributed by atoms with Crippen LogP contribution in [-0.2, 0) is 20.5 Å². The zero-order chi connectivity index (χ0) is 36.5. The Labute approximate surface area is 298 Å². The first kappa shape index (κ1) is 38.5. The number of carbonyl (C=O) groups excluding carboxylic acids is 2. The third kappa shape index (κ3) is 8.15. The number of likely N-dealkylation sites (N-methyl/N-ethyl adjacent to an activating group) is 1. The summed E-state index contributed by atoms with van der Waals surface area (Å²) >= 11 is 0. The molecule has 276 valence electrons. The average Bonchev–Trinajstić information content (AvgIpc) is 3.64. The number of hydrogen-bond donors (Lipinski definition) is 1. The predicted octanol–water partition coefficient (Wildman–Crippen LogP) is 6.32. The number of carbonyl (C=O) groups is 2. The van der Waals surface area contributed by atoms with Crippen molar-refractivity contribution >= 4 is 19.1 Å². The summed E-state index contributed by atoms with van der Waals surface area (Å²) in [5, 5.41) is 12.2. The lowest BCUT2D eigenvalue weighted by molar-refractivity contribution is -0.199. The zero-order valence-electron chi connectivity index (χ0n) is 31.2. The molecule has 3 aliphatic carbocycles. The highest BCUT2D eigenvalue weighted by molar-refractivity contribution is 6.48. The summed E-state index contributed by atoms with van der Waals surface area (Å²) in [6, 6.07) is 11.8. The van der Waals surface area contributed by atoms with Crippen LogP contribution in [-0.4, -0.2) is 102 Å². The number of nitrogens with zero attached hydrogens (tertiary/aromatic N) is 4. The molecule has 3 amide bonds. The van der Waals surface area contributed by atoms with Crippen LogP contribution in [0.5, 0.6) is 0 Å². The number of likely N-dealkylation sites (tertiary alicyclic amines) is 2. The van der Waals surface area contributed by atoms with E-state index in [9.17, 15) is 18.4 Å². The van der Waals surface area contributed by atoms with Gasteiger partial charge in [-0.15, -0.1) is 0 Å². The van der Waals surface area contributed by atoms with Crippen molar-refractivity contribution in [3.63, 3.8) is 0 Å². The highest BCUT2D eigenvalue weighted by atomic mass is 19.3. The lowest BCUT2D eigenvalue weighted by Gasteiger charge is -2.64. The maximum atomic E-state index is 13.5. The van der Waals surface area contributed by atoms with Crippen molar-refractivity contribution in [1.29, 1.82) is 5.26 Å². The number of piperidine rings is 1. The largest absolute Gasteiger partial charge is 0.482 e. The van der Waals surface area contributed by atoms with Gasteiger partial charge in [0, 0.05) is 44.7 Å². The normalized spacial score (nSPS) is 30.2. The molecule has 3 saturated heterocycles. The fraction of sp³-hybridized carbons (Fsp3) is 0.763. The van der Waals surface area contributed by atoms with E-state index in [0.717, 1.165) is 37.7 Å². The van der Waals surface area contributed by atoms with Crippen LogP contribution >= 0.6 is 0 Å². The van der Waals surface area contributed by atoms with Crippen molar-refractivity contribution in [1.82, 2.24) is 20.0 Å². The van der Waals surface area contributed by atoms with Crippen LogP contribution in [0.1, 0.15) is 98.5 Å². The third-order valence-electron chi connectivity index (χ3n) is 12.8. The lowest BCUT2D eigenvalue weighted by atomic mass is 9.43. The average molecular weight is 698 g/mol. The van der Waals surface area contributed by atoms with E-state index in [1.807, 2.05) is 49.9 Å². The molecule has 50 heavy (non-hydrogen) atoms. The second-order valence-electron chi connectivity index (χ2n) is 16.7. The number of halogens is 2. The molecule has 2 bridgehead atoms. The van der Waals surface area contributed by atoms with E-state index in [0.29, 0.717) is 37.9 Å². The Bertz CT molecular complexity index is 1390. The molecule has 6 fully saturated rings. The van der Waals surface area contributed by atoms with Crippen LogP contribution in [0.4, 0.5) is 13.6 Å². The van der Waals surface area contributed by atoms with Crippen molar-refractivity contribution in [2.24, 2.45) is 17.3 Å². The molecular weight excluding hydrogens is 639 g/mol. The minimum Gasteiger partial charge on any atom is -0.404 e. The number of nitriles is 1. The number of benzene rings is 1. The van der Waals surface area contributed by atoms with Gasteiger partial charge in [-0.1, -0.05) is 51.1 Å². The molecule has 9 nitrogen and oxygen atoms in total. The number of alkyl halides is 2. The lowest BCUT2D eigenvalue weighted by Crippen LogP contribution is -2.65. The SMILES string of the molecule is CCC(C)(C)N1CCC(F)(F)C1.CN(CC1CCCCN1C(=O)CC#N)C(=O)NC(Cc1ccccc1)B1O[C@@H]2CC3CC(C3(C)C)[C@]2(C)O1. The van der Waals surface area contributed by atoms with Crippen molar-refractivity contribution in [3.05, 3.63) is 35.9 Å². The van der Waals surface area contributed by atoms with Crippen LogP contribution in [0.2, 0.25) is 0 Å². The molecular formula is C38H58BF2N5O4. The smallest absolute Gasteiger partial charge is 0.404 e. The quantitative estimate of drug-likeness (QED) is 0.304. The van der Waals surface area contributed by atoms with Crippen molar-refractivity contribution in [2.45, 2.75) is 134 Å². The van der Waals surface area contributed by atoms with Gasteiger partial charge in [0.1, 0.15) is 6.42 Å². The van der Waals surface area contributed by atoms with E-state index in [1.54, 1.807) is 16.8 Å². The summed E-state index contributed by atoms with van der Waals surface area (Å²) in [4.78, 5) is 31.3. The molecule has 0 aromatic heterocycles. The molecule has 1 N–H and O–H groups in total. The van der Waals surface area contributed by atoms with E-state index < -0.39 is 13.0 Å². The Morgan fingerprint density at radius 2 is 1.88 bits per heavy atom. The summed E-state index contributed by atoms with van der Waals surface area (Å²) in [5.74, 6) is -1.85. The zero-order valence-corrected chi connectivity index (χ0v) is 31.2. The highest BCUT2D eigenvalue weighted by Crippen LogP contribution is 2.65. The Morgan fingerprint density at radius 3 is 2.50 bits per heavy atom. The Kier molecular flexibility index (Phi) is 11.6. The Hall–Kier alpha value is -2.75. The monoisotopic (exact) mass is 697 g/mol. The predicted molar refractivity (Wildman–Crippen MR) is 190 cm³/mol. The van der Waals surface area contributed by atoms with Crippen LogP contribution < -0.4 is 5.32 Å². The minimum absolute atomic E-state index is 0.0242. The van der Waals surface area contributed by atoms with Crippen molar-refractivity contribution in [3.8, 4) is 6.07 Å². The van der Waals surface area contributed by atoms with Gasteiger partial charge in [-0.3, -0.25) is 9.69 Å². The number of urea groups is 1. The highest BCUT2D eigenvalue weighted by Gasteiger charge is 2.68. The topological polar surface area (TPSA) is 98.1 Å². The maximum Gasteiger partial charge on any atom is 0.482 e. The number of amides is 3. The van der Waals surface area contributed by atoms with Gasteiger partial charge in [-0.25, -0.2) is 13.6 Å². The fourth-order valence-corrected chi connectivity index (χ4v) is 8.99. The van der Waals surface area contributed by atoms with Gasteiger partial charge in [0.25, 0.3) is 5.92 Å². The van der Waals surface area contributed by atoms with E-state index in [4.69, 9.17) is 14.6 Å². The molecule has 7 rings (SSSR count). The van der Waals surface area contributed by atoms with Crippen LogP contribution in [0.25, 0.3) is 0 Å². The number of rotatable bonds is 9. The third-order valence-corrected chi connectivity index (χ3v) is 12.8. The second-order valence-corrected chi connectivity index (χ2v) is 16.7. The molecule has 6 atom stereocenters. The molecule has 3 heterocycles. The minimum atomic E-state index is -2.45. The molecule has 3 aliphatic heterocycles. The van der Waals surface area contributed by atoms with E-state index >= 15 is 0 Å². The van der Waals surface area contributed by atoms with Crippen molar-refractivity contribution in [2.75, 3.05) is 33.2 Å². The molecule has 4 unspecified atom stereocenters. The summed E-state index contributed by atoms with van der Waals surface area (Å²) in [6.07, 6.45) is 6.40. The molecule has 0 spiro atoms. The van der Waals surface area contributed by atoms with E-state index in [-0.39, 0.29) is 66.0 Å². The van der Waals surface area contributed by atoms with Crippen LogP contribution in [0.3, 0.4) is 0 Å². The standard InChI is InChI=1S/C29H41BN4O4.C9H17F2N/c1-28(2)21-17-23(28)29(3)24(18-21)37-30(38-29)25(16-20-10-6-5-7-11-20)32-27(36)33(4)19-22-12-8-9-15-34(22)26(35)13-14-31;1-4-8(2,3)12-6-5-9(10,11)7-12/h5-7,10-11,21-25H,8-9,12-13,15-19H2,1-4H3,(H,32,36);4-7H2,1-3H3/t21?,22?,23?,24-,25?,29+;/m1./s1. The van der Waals surface area contributed by atoms with Gasteiger partial charge < -0.3 is 24.4 Å². The van der Waals surface area contributed by atoms with Crippen molar-refractivity contribution < 1.29 is 27.7 Å². The molecule has 12 heteroatoms. The van der Waals surface area contributed by atoms with Gasteiger partial charge in [-0.2, -0.15) is 5.26 Å². The summed E-state index contributed by atoms with van der Waals surface area (Å²) in [5.41, 5.74) is 0.937. The maximum absolute atomic E-state index is 13.5. The molecule has 1 aromatic carbocycles. The first-order chi connectivity index (χ1) is 23.5. The summed E-state index contributed by atoms with van der Waals surface area (Å²) in [7, 11) is 1.24. The first-order valence-electron chi connectivity index (χ1n) is 18.7. The summed E-state index contributed by atoms with van der Waals surface area (Å²) < 4.78 is 38.9. The Morgan fingerprint density at radius 1 is 1.16 bits per heavy atom. The first-order valence-corrected chi connectivity index (χ1v) is 18.7. The van der Waals surface area contributed by atoms with Crippen LogP contribution in [0, 0.1) is 28.6 Å². The van der Waals surface area contributed by atoms with E-state index in [1.165, 1.54) is 6.42 Å². The number of nitrogens with one attached hydrogen (secondary N) is 1.